The maximum absolute atomic E-state index is 12.4. The third-order valence-corrected chi connectivity index (χ3v) is 6.15. The van der Waals surface area contributed by atoms with E-state index in [2.05, 4.69) is 5.32 Å². The normalized spacial score (nSPS) is 20.4. The number of benzene rings is 1. The number of hydrogen-bond donors (Lipinski definition) is 1. The van der Waals surface area contributed by atoms with Crippen molar-refractivity contribution >= 4 is 29.2 Å². The summed E-state index contributed by atoms with van der Waals surface area (Å²) in [5, 5.41) is 3.42. The van der Waals surface area contributed by atoms with Crippen LogP contribution in [-0.4, -0.2) is 26.2 Å². The molecule has 0 fully saturated rings. The predicted molar refractivity (Wildman–Crippen MR) is 110 cm³/mol. The summed E-state index contributed by atoms with van der Waals surface area (Å²) in [5.74, 6) is 1.95. The molecule has 0 spiro atoms. The zero-order valence-electron chi connectivity index (χ0n) is 15.4. The molecule has 0 saturated carbocycles. The molecule has 2 aliphatic heterocycles. The summed E-state index contributed by atoms with van der Waals surface area (Å²) < 4.78 is 17.6. The van der Waals surface area contributed by atoms with E-state index in [0.29, 0.717) is 30.3 Å². The predicted octanol–water partition coefficient (Wildman–Crippen LogP) is 4.25. The van der Waals surface area contributed by atoms with E-state index in [0.717, 1.165) is 26.6 Å². The van der Waals surface area contributed by atoms with E-state index in [-0.39, 0.29) is 13.4 Å². The van der Waals surface area contributed by atoms with Crippen molar-refractivity contribution in [1.29, 1.82) is 0 Å². The Kier molecular flexibility index (Phi) is 5.44. The lowest BCUT2D eigenvalue weighted by molar-refractivity contribution is -0.111. The van der Waals surface area contributed by atoms with Gasteiger partial charge in [0.2, 0.25) is 6.79 Å². The molecule has 2 aromatic rings. The van der Waals surface area contributed by atoms with Gasteiger partial charge in [0.25, 0.3) is 0 Å². The molecule has 2 aliphatic rings. The Labute approximate surface area is 172 Å². The number of fused-ring (bicyclic) bond motifs is 2. The molecule has 3 heterocycles. The van der Waals surface area contributed by atoms with Crippen molar-refractivity contribution in [3.05, 3.63) is 62.8 Å². The summed E-state index contributed by atoms with van der Waals surface area (Å²) in [4.78, 5) is 13.5. The molecular weight excluding hydrogens is 398 g/mol. The molecule has 1 N–H and O–H groups in total. The standard InChI is InChI=1S/C21H20ClNO4S/c1-2-3-4-14(9-23-10-15-5-6-20(22)28-15)21(11-24)12-25-17-8-19-18(7-16(17)21)26-13-27-19/h2-8,11,23H,9-10,12-13H2,1H3/b3-2-,14-4+. The highest BCUT2D eigenvalue weighted by atomic mass is 35.5. The minimum atomic E-state index is -0.865. The van der Waals surface area contributed by atoms with E-state index in [1.165, 1.54) is 0 Å². The molecule has 1 aromatic heterocycles. The third-order valence-electron chi connectivity index (χ3n) is 4.92. The zero-order valence-corrected chi connectivity index (χ0v) is 16.9. The maximum Gasteiger partial charge on any atom is 0.231 e. The lowest BCUT2D eigenvalue weighted by Crippen LogP contribution is -2.37. The zero-order chi connectivity index (χ0) is 19.6. The van der Waals surface area contributed by atoms with Crippen LogP contribution in [0.5, 0.6) is 17.2 Å². The van der Waals surface area contributed by atoms with Crippen LogP contribution in [0.2, 0.25) is 4.34 Å². The first-order valence-corrected chi connectivity index (χ1v) is 10.2. The molecule has 5 nitrogen and oxygen atoms in total. The number of halogens is 1. The highest BCUT2D eigenvalue weighted by Crippen LogP contribution is 2.48. The summed E-state index contributed by atoms with van der Waals surface area (Å²) in [7, 11) is 0. The highest BCUT2D eigenvalue weighted by Gasteiger charge is 2.45. The molecule has 1 atom stereocenters. The molecule has 1 aromatic carbocycles. The average Bonchev–Trinajstić information content (AvgIpc) is 3.41. The van der Waals surface area contributed by atoms with Crippen molar-refractivity contribution < 1.29 is 19.0 Å². The quantitative estimate of drug-likeness (QED) is 0.539. The van der Waals surface area contributed by atoms with Gasteiger partial charge in [0, 0.05) is 29.6 Å². The van der Waals surface area contributed by atoms with E-state index < -0.39 is 5.41 Å². The molecule has 0 radical (unpaired) electrons. The van der Waals surface area contributed by atoms with Gasteiger partial charge in [-0.1, -0.05) is 29.8 Å². The first-order chi connectivity index (χ1) is 13.7. The molecule has 4 rings (SSSR count). The number of rotatable bonds is 7. The fourth-order valence-corrected chi connectivity index (χ4v) is 4.50. The summed E-state index contributed by atoms with van der Waals surface area (Å²) in [6.45, 7) is 3.59. The number of carbonyl (C=O) groups excluding carboxylic acids is 1. The number of allylic oxidation sites excluding steroid dienone is 3. The van der Waals surface area contributed by atoms with Gasteiger partial charge in [0.05, 0.1) is 4.34 Å². The van der Waals surface area contributed by atoms with E-state index >= 15 is 0 Å². The monoisotopic (exact) mass is 417 g/mol. The number of ether oxygens (including phenoxy) is 3. The van der Waals surface area contributed by atoms with Gasteiger partial charge in [0.15, 0.2) is 11.5 Å². The third kappa shape index (κ3) is 3.43. The highest BCUT2D eigenvalue weighted by molar-refractivity contribution is 7.16. The van der Waals surface area contributed by atoms with Crippen molar-refractivity contribution in [2.45, 2.75) is 18.9 Å². The molecule has 0 saturated heterocycles. The van der Waals surface area contributed by atoms with E-state index in [4.69, 9.17) is 25.8 Å². The molecule has 0 amide bonds. The van der Waals surface area contributed by atoms with Crippen LogP contribution in [-0.2, 0) is 16.8 Å². The van der Waals surface area contributed by atoms with E-state index in [1.807, 2.05) is 43.4 Å². The Morgan fingerprint density at radius 2 is 2.07 bits per heavy atom. The van der Waals surface area contributed by atoms with Crippen molar-refractivity contribution in [3.8, 4) is 17.2 Å². The lowest BCUT2D eigenvalue weighted by Gasteiger charge is -2.25. The van der Waals surface area contributed by atoms with Crippen LogP contribution < -0.4 is 19.5 Å². The van der Waals surface area contributed by atoms with Crippen molar-refractivity contribution in [1.82, 2.24) is 5.32 Å². The minimum absolute atomic E-state index is 0.179. The summed E-state index contributed by atoms with van der Waals surface area (Å²) in [6, 6.07) is 7.55. The molecule has 146 valence electrons. The van der Waals surface area contributed by atoms with Crippen molar-refractivity contribution in [2.75, 3.05) is 19.9 Å². The lowest BCUT2D eigenvalue weighted by atomic mass is 9.76. The molecule has 0 bridgehead atoms. The largest absolute Gasteiger partial charge is 0.491 e. The molecule has 28 heavy (non-hydrogen) atoms. The van der Waals surface area contributed by atoms with Crippen LogP contribution in [0.1, 0.15) is 17.4 Å². The summed E-state index contributed by atoms with van der Waals surface area (Å²) in [6.07, 6.45) is 6.83. The van der Waals surface area contributed by atoms with Gasteiger partial charge in [0.1, 0.15) is 24.1 Å². The first-order valence-electron chi connectivity index (χ1n) is 8.97. The van der Waals surface area contributed by atoms with Crippen LogP contribution in [0.15, 0.2) is 48.1 Å². The molecular formula is C21H20ClNO4S. The molecule has 1 unspecified atom stereocenters. The number of carbonyl (C=O) groups is 1. The number of thiophene rings is 1. The van der Waals surface area contributed by atoms with Crippen molar-refractivity contribution in [2.24, 2.45) is 0 Å². The van der Waals surface area contributed by atoms with Crippen LogP contribution in [0.25, 0.3) is 0 Å². The fraction of sp³-hybridized carbons (Fsp3) is 0.286. The fourth-order valence-electron chi connectivity index (χ4n) is 3.44. The Balaban J connectivity index is 1.63. The number of hydrogen-bond acceptors (Lipinski definition) is 6. The summed E-state index contributed by atoms with van der Waals surface area (Å²) in [5.41, 5.74) is 0.875. The second-order valence-electron chi connectivity index (χ2n) is 6.61. The number of aldehydes is 1. The van der Waals surface area contributed by atoms with Crippen LogP contribution in [0.4, 0.5) is 0 Å². The first kappa shape index (κ1) is 19.1. The van der Waals surface area contributed by atoms with Gasteiger partial charge in [-0.05, 0) is 30.7 Å². The van der Waals surface area contributed by atoms with Gasteiger partial charge >= 0.3 is 0 Å². The van der Waals surface area contributed by atoms with Gasteiger partial charge in [-0.2, -0.15) is 0 Å². The van der Waals surface area contributed by atoms with Crippen LogP contribution in [0.3, 0.4) is 0 Å². The van der Waals surface area contributed by atoms with Crippen molar-refractivity contribution in [3.63, 3.8) is 0 Å². The Morgan fingerprint density at radius 1 is 1.25 bits per heavy atom. The van der Waals surface area contributed by atoms with Crippen LogP contribution >= 0.6 is 22.9 Å². The van der Waals surface area contributed by atoms with Gasteiger partial charge in [-0.25, -0.2) is 0 Å². The van der Waals surface area contributed by atoms with E-state index in [9.17, 15) is 4.79 Å². The SMILES string of the molecule is C/C=C\C=C(/CNCc1ccc(Cl)s1)C1(C=O)COc2cc3c(cc21)OCO3. The average molecular weight is 418 g/mol. The van der Waals surface area contributed by atoms with Crippen LogP contribution in [0, 0.1) is 0 Å². The van der Waals surface area contributed by atoms with Gasteiger partial charge in [-0.3, -0.25) is 0 Å². The Hall–Kier alpha value is -2.28. The topological polar surface area (TPSA) is 56.8 Å². The van der Waals surface area contributed by atoms with E-state index in [1.54, 1.807) is 17.4 Å². The summed E-state index contributed by atoms with van der Waals surface area (Å²) >= 11 is 7.55. The molecule has 7 heteroatoms. The maximum atomic E-state index is 12.4. The van der Waals surface area contributed by atoms with Gasteiger partial charge in [-0.15, -0.1) is 11.3 Å². The van der Waals surface area contributed by atoms with Gasteiger partial charge < -0.3 is 24.3 Å². The Bertz CT molecular complexity index is 952. The molecule has 0 aliphatic carbocycles. The Morgan fingerprint density at radius 3 is 2.79 bits per heavy atom. The second-order valence-corrected chi connectivity index (χ2v) is 8.41. The number of nitrogens with one attached hydrogen (secondary N) is 1. The minimum Gasteiger partial charge on any atom is -0.491 e. The smallest absolute Gasteiger partial charge is 0.231 e. The second kappa shape index (κ2) is 7.99.